The standard InChI is InChI=1S/C23H26ClFN6O.C11H11BrFN3O/c1-14(2)31-23(32-18-5-3-4-17(25)8-18)28-21(29-31)9-19-15-6-7-16(19)12-30(11-15)22-10-20(24)26-13-27-22;1-7(2)16-11(14-10(12)15-16)17-9-5-3-4-8(13)6-9/h3-5,8,10,13-16,19H,6-7,9,11-12H2,1-2H3;3-7H,1-2H3/t15-,16+,19?;. The molecule has 2 aromatic carbocycles. The predicted octanol–water partition coefficient (Wildman–Crippen LogP) is 8.49. The van der Waals surface area contributed by atoms with Gasteiger partial charge in [0, 0.05) is 37.7 Å². The van der Waals surface area contributed by atoms with Gasteiger partial charge in [0.05, 0.1) is 12.1 Å². The van der Waals surface area contributed by atoms with Crippen LogP contribution in [-0.4, -0.2) is 52.6 Å². The second-order valence-corrected chi connectivity index (χ2v) is 13.8. The summed E-state index contributed by atoms with van der Waals surface area (Å²) in [4.78, 5) is 19.5. The summed E-state index contributed by atoms with van der Waals surface area (Å²) < 4.78 is 41.8. The van der Waals surface area contributed by atoms with Gasteiger partial charge in [-0.1, -0.05) is 23.7 Å². The Morgan fingerprint density at radius 2 is 1.39 bits per heavy atom. The molecule has 2 bridgehead atoms. The molecule has 0 N–H and O–H groups in total. The number of halogens is 4. The van der Waals surface area contributed by atoms with Gasteiger partial charge in [0.15, 0.2) is 5.82 Å². The molecule has 2 fully saturated rings. The third-order valence-corrected chi connectivity index (χ3v) is 9.14. The lowest BCUT2D eigenvalue weighted by atomic mass is 9.82. The van der Waals surface area contributed by atoms with Gasteiger partial charge in [-0.2, -0.15) is 15.1 Å². The molecular formula is C34H37BrClF2N9O2. The van der Waals surface area contributed by atoms with Crippen LogP contribution in [-0.2, 0) is 6.42 Å². The van der Waals surface area contributed by atoms with Gasteiger partial charge in [-0.15, -0.1) is 5.10 Å². The van der Waals surface area contributed by atoms with Crippen molar-refractivity contribution in [3.8, 4) is 23.5 Å². The van der Waals surface area contributed by atoms with E-state index in [1.165, 1.54) is 43.4 Å². The molecule has 11 nitrogen and oxygen atoms in total. The smallest absolute Gasteiger partial charge is 0.321 e. The van der Waals surface area contributed by atoms with Crippen LogP contribution < -0.4 is 14.4 Å². The van der Waals surface area contributed by atoms with Crippen molar-refractivity contribution < 1.29 is 18.3 Å². The topological polar surface area (TPSA) is 109 Å². The first-order valence-electron chi connectivity index (χ1n) is 16.2. The summed E-state index contributed by atoms with van der Waals surface area (Å²) in [7, 11) is 0. The summed E-state index contributed by atoms with van der Waals surface area (Å²) in [5.74, 6) is 3.44. The van der Waals surface area contributed by atoms with Crippen molar-refractivity contribution in [2.24, 2.45) is 17.8 Å². The van der Waals surface area contributed by atoms with Gasteiger partial charge in [0.25, 0.3) is 0 Å². The van der Waals surface area contributed by atoms with E-state index in [0.29, 0.717) is 51.2 Å². The van der Waals surface area contributed by atoms with Gasteiger partial charge in [-0.05, 0) is 98.5 Å². The molecule has 4 heterocycles. The van der Waals surface area contributed by atoms with Crippen molar-refractivity contribution >= 4 is 33.3 Å². The zero-order chi connectivity index (χ0) is 34.7. The highest BCUT2D eigenvalue weighted by molar-refractivity contribution is 9.10. The van der Waals surface area contributed by atoms with Crippen molar-refractivity contribution in [3.63, 3.8) is 0 Å². The Hall–Kier alpha value is -4.17. The summed E-state index contributed by atoms with van der Waals surface area (Å²) in [5, 5.41) is 9.35. The average molecular weight is 757 g/mol. The van der Waals surface area contributed by atoms with Crippen molar-refractivity contribution in [1.29, 1.82) is 0 Å². The van der Waals surface area contributed by atoms with Gasteiger partial charge < -0.3 is 14.4 Å². The number of piperidine rings is 1. The molecule has 7 rings (SSSR count). The Balaban J connectivity index is 0.000000207. The number of aromatic nitrogens is 8. The Kier molecular flexibility index (Phi) is 10.7. The number of hydrogen-bond donors (Lipinski definition) is 0. The minimum atomic E-state index is -0.350. The summed E-state index contributed by atoms with van der Waals surface area (Å²) in [6.07, 6.45) is 4.73. The highest BCUT2D eigenvalue weighted by Gasteiger charge is 2.43. The first-order valence-corrected chi connectivity index (χ1v) is 17.4. The molecule has 1 saturated heterocycles. The van der Waals surface area contributed by atoms with E-state index in [4.69, 9.17) is 31.2 Å². The number of ether oxygens (including phenoxy) is 2. The third kappa shape index (κ3) is 8.53. The van der Waals surface area contributed by atoms with Crippen LogP contribution in [0.5, 0.6) is 23.5 Å². The molecule has 3 atom stereocenters. The summed E-state index contributed by atoms with van der Waals surface area (Å²) >= 11 is 9.25. The lowest BCUT2D eigenvalue weighted by Crippen LogP contribution is -2.43. The molecule has 15 heteroatoms. The monoisotopic (exact) mass is 755 g/mol. The minimum Gasteiger partial charge on any atom is -0.424 e. The zero-order valence-electron chi connectivity index (χ0n) is 27.5. The summed E-state index contributed by atoms with van der Waals surface area (Å²) in [6, 6.07) is 14.8. The van der Waals surface area contributed by atoms with Crippen LogP contribution in [0.4, 0.5) is 14.6 Å². The van der Waals surface area contributed by atoms with Gasteiger partial charge in [-0.3, -0.25) is 0 Å². The molecule has 0 spiro atoms. The fourth-order valence-corrected chi connectivity index (χ4v) is 6.83. The quantitative estimate of drug-likeness (QED) is 0.137. The van der Waals surface area contributed by atoms with Crippen molar-refractivity contribution in [1.82, 2.24) is 39.5 Å². The Bertz CT molecular complexity index is 1870. The normalized spacial score (nSPS) is 18.5. The number of nitrogens with zero attached hydrogens (tertiary/aromatic N) is 9. The lowest BCUT2D eigenvalue weighted by molar-refractivity contribution is 0.264. The number of anilines is 1. The van der Waals surface area contributed by atoms with E-state index < -0.39 is 0 Å². The molecule has 1 aliphatic heterocycles. The molecule has 0 amide bonds. The van der Waals surface area contributed by atoms with Crippen LogP contribution in [0.15, 0.2) is 65.7 Å². The zero-order valence-corrected chi connectivity index (χ0v) is 29.9. The molecule has 258 valence electrons. The van der Waals surface area contributed by atoms with Gasteiger partial charge >= 0.3 is 12.0 Å². The highest BCUT2D eigenvalue weighted by atomic mass is 79.9. The number of hydrogen-bond acceptors (Lipinski definition) is 9. The van der Waals surface area contributed by atoms with Crippen LogP contribution in [0.1, 0.15) is 58.4 Å². The fourth-order valence-electron chi connectivity index (χ4n) is 6.37. The molecule has 1 saturated carbocycles. The van der Waals surface area contributed by atoms with Crippen LogP contribution in [0, 0.1) is 29.4 Å². The van der Waals surface area contributed by atoms with Crippen molar-refractivity contribution in [3.05, 3.63) is 88.3 Å². The van der Waals surface area contributed by atoms with E-state index in [0.717, 1.165) is 31.2 Å². The second kappa shape index (κ2) is 15.2. The van der Waals surface area contributed by atoms with E-state index in [1.54, 1.807) is 33.6 Å². The van der Waals surface area contributed by atoms with E-state index in [2.05, 4.69) is 40.9 Å². The van der Waals surface area contributed by atoms with Crippen molar-refractivity contribution in [2.45, 2.75) is 59.0 Å². The number of rotatable bonds is 9. The van der Waals surface area contributed by atoms with Gasteiger partial charge in [0.1, 0.15) is 40.4 Å². The van der Waals surface area contributed by atoms with E-state index in [-0.39, 0.29) is 23.7 Å². The Morgan fingerprint density at radius 1 is 0.816 bits per heavy atom. The molecule has 1 unspecified atom stereocenters. The fraction of sp³-hybridized carbons (Fsp3) is 0.412. The van der Waals surface area contributed by atoms with E-state index >= 15 is 0 Å². The first kappa shape index (κ1) is 34.7. The van der Waals surface area contributed by atoms with Crippen LogP contribution >= 0.6 is 27.5 Å². The van der Waals surface area contributed by atoms with Crippen LogP contribution in [0.3, 0.4) is 0 Å². The number of fused-ring (bicyclic) bond motifs is 2. The van der Waals surface area contributed by atoms with Crippen LogP contribution in [0.2, 0.25) is 5.15 Å². The molecule has 49 heavy (non-hydrogen) atoms. The molecule has 5 aromatic rings. The summed E-state index contributed by atoms with van der Waals surface area (Å²) in [6.45, 7) is 9.88. The van der Waals surface area contributed by atoms with E-state index in [9.17, 15) is 8.78 Å². The maximum absolute atomic E-state index is 13.6. The second-order valence-electron chi connectivity index (χ2n) is 12.7. The molecule has 1 aliphatic carbocycles. The lowest BCUT2D eigenvalue weighted by Gasteiger charge is -2.38. The third-order valence-electron chi connectivity index (χ3n) is 8.60. The summed E-state index contributed by atoms with van der Waals surface area (Å²) in [5.41, 5.74) is 0. The minimum absolute atomic E-state index is 0.0842. The van der Waals surface area contributed by atoms with Gasteiger partial charge in [0.2, 0.25) is 4.73 Å². The van der Waals surface area contributed by atoms with Crippen LogP contribution in [0.25, 0.3) is 0 Å². The van der Waals surface area contributed by atoms with Gasteiger partial charge in [-0.25, -0.2) is 28.1 Å². The van der Waals surface area contributed by atoms with Crippen molar-refractivity contribution in [2.75, 3.05) is 18.0 Å². The SMILES string of the molecule is CC(C)n1nc(Br)nc1Oc1cccc(F)c1.CC(C)n1nc(CC2[C@@H]3CC[C@H]2CN(c2cc(Cl)ncn2)C3)nc1Oc1cccc(F)c1. The Morgan fingerprint density at radius 3 is 1.94 bits per heavy atom. The Labute approximate surface area is 296 Å². The maximum atomic E-state index is 13.6. The number of benzene rings is 2. The largest absolute Gasteiger partial charge is 0.424 e. The molecule has 2 aliphatic rings. The molecule has 3 aromatic heterocycles. The molecule has 0 radical (unpaired) electrons. The highest BCUT2D eigenvalue weighted by Crippen LogP contribution is 2.44. The maximum Gasteiger partial charge on any atom is 0.321 e. The average Bonchev–Trinajstić information content (AvgIpc) is 3.69. The van der Waals surface area contributed by atoms with E-state index in [1.807, 2.05) is 33.8 Å². The first-order chi connectivity index (χ1) is 23.5. The predicted molar refractivity (Wildman–Crippen MR) is 184 cm³/mol. The molecular weight excluding hydrogens is 720 g/mol.